The summed E-state index contributed by atoms with van der Waals surface area (Å²) in [5.74, 6) is 0.326. The number of carbonyl (C=O) groups is 1. The lowest BCUT2D eigenvalue weighted by atomic mass is 10.0. The first-order valence-corrected chi connectivity index (χ1v) is 8.95. The Morgan fingerprint density at radius 3 is 2.41 bits per heavy atom. The molecule has 27 heavy (non-hydrogen) atoms. The third-order valence-electron chi connectivity index (χ3n) is 4.76. The molecule has 1 aliphatic carbocycles. The van der Waals surface area contributed by atoms with Crippen LogP contribution in [-0.4, -0.2) is 26.4 Å². The minimum absolute atomic E-state index is 0.0662. The average Bonchev–Trinajstić information content (AvgIpc) is 3.30. The van der Waals surface area contributed by atoms with Crippen LogP contribution in [0.2, 0.25) is 0 Å². The summed E-state index contributed by atoms with van der Waals surface area (Å²) >= 11 is 0. The van der Waals surface area contributed by atoms with Crippen molar-refractivity contribution in [3.05, 3.63) is 78.4 Å². The molecule has 0 bridgehead atoms. The molecule has 5 rings (SSSR count). The molecule has 0 saturated heterocycles. The predicted molar refractivity (Wildman–Crippen MR) is 103 cm³/mol. The minimum atomic E-state index is -0.0662. The molecule has 2 heterocycles. The third-order valence-corrected chi connectivity index (χ3v) is 4.76. The highest BCUT2D eigenvalue weighted by Gasteiger charge is 2.39. The molecular formula is C21H17N5O. The molecule has 0 radical (unpaired) electrons. The second-order valence-corrected chi connectivity index (χ2v) is 6.70. The van der Waals surface area contributed by atoms with Crippen LogP contribution >= 0.6 is 0 Å². The zero-order valence-corrected chi connectivity index (χ0v) is 14.6. The molecule has 1 aliphatic heterocycles. The Bertz CT molecular complexity index is 1030. The molecule has 6 nitrogen and oxygen atoms in total. The number of amides is 1. The van der Waals surface area contributed by atoms with E-state index in [0.29, 0.717) is 11.5 Å². The summed E-state index contributed by atoms with van der Waals surface area (Å²) in [5, 5.41) is 10.3. The zero-order chi connectivity index (χ0) is 18.2. The Hall–Kier alpha value is -3.54. The number of aromatic nitrogens is 3. The minimum Gasteiger partial charge on any atom is -0.267 e. The summed E-state index contributed by atoms with van der Waals surface area (Å²) in [6.07, 6.45) is 7.29. The van der Waals surface area contributed by atoms with Crippen molar-refractivity contribution < 1.29 is 4.79 Å². The van der Waals surface area contributed by atoms with Crippen LogP contribution in [-0.2, 0) is 4.79 Å². The molecule has 0 spiro atoms. The standard InChI is InChI=1S/C21H17N5O/c27-21-19(12-15-6-10-17(11-7-15)25-14-22-13-23-25)20(16-8-9-16)24-26(21)18-4-2-1-3-5-18/h1-7,10-14,16H,8-9H2/b19-12-. The lowest BCUT2D eigenvalue weighted by Crippen LogP contribution is -2.21. The Balaban J connectivity index is 1.48. The molecule has 1 fully saturated rings. The van der Waals surface area contributed by atoms with Crippen molar-refractivity contribution in [3.63, 3.8) is 0 Å². The summed E-state index contributed by atoms with van der Waals surface area (Å²) in [7, 11) is 0. The van der Waals surface area contributed by atoms with Crippen LogP contribution in [0, 0.1) is 5.92 Å². The van der Waals surface area contributed by atoms with Gasteiger partial charge in [-0.05, 0) is 48.7 Å². The van der Waals surface area contributed by atoms with Gasteiger partial charge in [-0.1, -0.05) is 30.3 Å². The SMILES string of the molecule is O=C1/C(=C\c2ccc(-n3cncn3)cc2)C(C2CC2)=NN1c1ccccc1. The van der Waals surface area contributed by atoms with Crippen LogP contribution in [0.4, 0.5) is 5.69 Å². The molecule has 132 valence electrons. The molecule has 6 heteroatoms. The number of para-hydroxylation sites is 1. The lowest BCUT2D eigenvalue weighted by molar-refractivity contribution is -0.114. The van der Waals surface area contributed by atoms with Gasteiger partial charge in [0, 0.05) is 5.92 Å². The van der Waals surface area contributed by atoms with Gasteiger partial charge in [-0.15, -0.1) is 0 Å². The molecule has 1 amide bonds. The van der Waals surface area contributed by atoms with Crippen molar-refractivity contribution in [1.82, 2.24) is 14.8 Å². The summed E-state index contributed by atoms with van der Waals surface area (Å²) in [6.45, 7) is 0. The molecule has 1 aromatic heterocycles. The maximum absolute atomic E-state index is 13.0. The fraction of sp³-hybridized carbons (Fsp3) is 0.143. The number of anilines is 1. The van der Waals surface area contributed by atoms with Crippen LogP contribution in [0.3, 0.4) is 0 Å². The van der Waals surface area contributed by atoms with Crippen LogP contribution in [0.25, 0.3) is 11.8 Å². The van der Waals surface area contributed by atoms with E-state index >= 15 is 0 Å². The average molecular weight is 355 g/mol. The number of hydrazone groups is 1. The van der Waals surface area contributed by atoms with E-state index in [1.807, 2.05) is 60.7 Å². The maximum Gasteiger partial charge on any atom is 0.280 e. The largest absolute Gasteiger partial charge is 0.280 e. The summed E-state index contributed by atoms with van der Waals surface area (Å²) in [5.41, 5.74) is 4.28. The van der Waals surface area contributed by atoms with Crippen LogP contribution in [0.1, 0.15) is 18.4 Å². The topological polar surface area (TPSA) is 63.4 Å². The highest BCUT2D eigenvalue weighted by molar-refractivity contribution is 6.33. The van der Waals surface area contributed by atoms with E-state index in [1.165, 1.54) is 11.3 Å². The van der Waals surface area contributed by atoms with Crippen LogP contribution < -0.4 is 5.01 Å². The predicted octanol–water partition coefficient (Wildman–Crippen LogP) is 3.46. The molecule has 2 aromatic carbocycles. The van der Waals surface area contributed by atoms with E-state index in [1.54, 1.807) is 11.0 Å². The fourth-order valence-electron chi connectivity index (χ4n) is 3.20. The molecule has 0 N–H and O–H groups in total. The third kappa shape index (κ3) is 2.95. The maximum atomic E-state index is 13.0. The number of nitrogens with zero attached hydrogens (tertiary/aromatic N) is 5. The first-order chi connectivity index (χ1) is 13.3. The Morgan fingerprint density at radius 1 is 0.963 bits per heavy atom. The van der Waals surface area contributed by atoms with Gasteiger partial charge in [0.2, 0.25) is 0 Å². The van der Waals surface area contributed by atoms with Gasteiger partial charge >= 0.3 is 0 Å². The molecule has 1 saturated carbocycles. The first kappa shape index (κ1) is 15.7. The van der Waals surface area contributed by atoms with Crippen molar-refractivity contribution in [3.8, 4) is 5.69 Å². The fourth-order valence-corrected chi connectivity index (χ4v) is 3.20. The van der Waals surface area contributed by atoms with E-state index in [2.05, 4.69) is 15.2 Å². The van der Waals surface area contributed by atoms with Crippen LogP contribution in [0.5, 0.6) is 0 Å². The van der Waals surface area contributed by atoms with Gasteiger partial charge in [-0.25, -0.2) is 9.67 Å². The summed E-state index contributed by atoms with van der Waals surface area (Å²) < 4.78 is 1.70. The number of hydrogen-bond acceptors (Lipinski definition) is 4. The molecule has 0 unspecified atom stereocenters. The number of benzene rings is 2. The smallest absolute Gasteiger partial charge is 0.267 e. The second-order valence-electron chi connectivity index (χ2n) is 6.70. The second kappa shape index (κ2) is 6.32. The van der Waals surface area contributed by atoms with E-state index in [4.69, 9.17) is 0 Å². The number of carbonyl (C=O) groups excluding carboxylic acids is 1. The van der Waals surface area contributed by atoms with Crippen molar-refractivity contribution in [2.75, 3.05) is 5.01 Å². The van der Waals surface area contributed by atoms with Crippen molar-refractivity contribution >= 4 is 23.4 Å². The highest BCUT2D eigenvalue weighted by atomic mass is 16.2. The van der Waals surface area contributed by atoms with Gasteiger partial charge in [-0.2, -0.15) is 15.2 Å². The van der Waals surface area contributed by atoms with Crippen molar-refractivity contribution in [2.45, 2.75) is 12.8 Å². The van der Waals surface area contributed by atoms with Gasteiger partial charge in [0.05, 0.1) is 22.7 Å². The zero-order valence-electron chi connectivity index (χ0n) is 14.6. The monoisotopic (exact) mass is 355 g/mol. The van der Waals surface area contributed by atoms with Gasteiger partial charge in [-0.3, -0.25) is 4.79 Å². The normalized spacial score (nSPS) is 18.2. The Morgan fingerprint density at radius 2 is 1.74 bits per heavy atom. The highest BCUT2D eigenvalue weighted by Crippen LogP contribution is 2.38. The van der Waals surface area contributed by atoms with Crippen LogP contribution in [0.15, 0.2) is 77.9 Å². The van der Waals surface area contributed by atoms with E-state index in [9.17, 15) is 4.79 Å². The molecular weight excluding hydrogens is 338 g/mol. The first-order valence-electron chi connectivity index (χ1n) is 8.95. The van der Waals surface area contributed by atoms with E-state index in [0.717, 1.165) is 35.5 Å². The van der Waals surface area contributed by atoms with Gasteiger partial charge in [0.1, 0.15) is 12.7 Å². The number of hydrogen-bond donors (Lipinski definition) is 0. The van der Waals surface area contributed by atoms with Gasteiger partial charge < -0.3 is 0 Å². The van der Waals surface area contributed by atoms with Gasteiger partial charge in [0.15, 0.2) is 0 Å². The van der Waals surface area contributed by atoms with E-state index < -0.39 is 0 Å². The van der Waals surface area contributed by atoms with E-state index in [-0.39, 0.29) is 5.91 Å². The quantitative estimate of drug-likeness (QED) is 0.673. The summed E-state index contributed by atoms with van der Waals surface area (Å²) in [4.78, 5) is 17.0. The lowest BCUT2D eigenvalue weighted by Gasteiger charge is -2.11. The Labute approximate surface area is 156 Å². The van der Waals surface area contributed by atoms with Gasteiger partial charge in [0.25, 0.3) is 5.91 Å². The Kier molecular flexibility index (Phi) is 3.67. The molecule has 3 aromatic rings. The molecule has 0 atom stereocenters. The van der Waals surface area contributed by atoms with Crippen molar-refractivity contribution in [2.24, 2.45) is 11.0 Å². The molecule has 2 aliphatic rings. The number of rotatable bonds is 4. The van der Waals surface area contributed by atoms with Crippen molar-refractivity contribution in [1.29, 1.82) is 0 Å². The summed E-state index contributed by atoms with van der Waals surface area (Å²) in [6, 6.07) is 17.5.